The number of amides is 1. The lowest BCUT2D eigenvalue weighted by molar-refractivity contribution is -0.118. The maximum absolute atomic E-state index is 13.8. The second-order valence-corrected chi connectivity index (χ2v) is 10.5. The van der Waals surface area contributed by atoms with Gasteiger partial charge < -0.3 is 23.9 Å². The Balaban J connectivity index is 1.40. The second-order valence-electron chi connectivity index (χ2n) is 10.0. The van der Waals surface area contributed by atoms with Crippen LogP contribution in [0.4, 0.5) is 5.69 Å². The van der Waals surface area contributed by atoms with E-state index in [4.69, 9.17) is 35.2 Å². The van der Waals surface area contributed by atoms with Crippen LogP contribution in [0, 0.1) is 6.92 Å². The highest BCUT2D eigenvalue weighted by Gasteiger charge is 2.19. The summed E-state index contributed by atoms with van der Waals surface area (Å²) in [6, 6.07) is 24.7. The summed E-state index contributed by atoms with van der Waals surface area (Å²) in [6.07, 6.45) is 1.40. The molecule has 6 rings (SSSR count). The number of aromatic nitrogens is 2. The minimum Gasteiger partial charge on any atom is -0.496 e. The smallest absolute Gasteiger partial charge is 0.282 e. The molecule has 226 valence electrons. The van der Waals surface area contributed by atoms with Gasteiger partial charge in [0.25, 0.3) is 11.5 Å². The van der Waals surface area contributed by atoms with Crippen molar-refractivity contribution >= 4 is 51.3 Å². The van der Waals surface area contributed by atoms with Crippen molar-refractivity contribution in [2.75, 3.05) is 26.1 Å². The molecular weight excluding hydrogens is 596 g/mol. The Hall–Kier alpha value is -5.61. The molecule has 0 spiro atoms. The van der Waals surface area contributed by atoms with E-state index in [-0.39, 0.29) is 29.8 Å². The number of para-hydroxylation sites is 1. The predicted octanol–water partition coefficient (Wildman–Crippen LogP) is 6.69. The molecule has 0 saturated carbocycles. The lowest BCUT2D eigenvalue weighted by Gasteiger charge is -2.14. The number of nitrogens with one attached hydrogen (secondary N) is 1. The number of furan rings is 1. The molecule has 4 aromatic carbocycles. The first-order valence-corrected chi connectivity index (χ1v) is 14.2. The molecule has 1 amide bonds. The molecule has 0 bridgehead atoms. The molecule has 6 aromatic rings. The van der Waals surface area contributed by atoms with Crippen molar-refractivity contribution in [1.29, 1.82) is 0 Å². The molecule has 2 heterocycles. The van der Waals surface area contributed by atoms with Crippen LogP contribution >= 0.6 is 11.6 Å². The molecule has 0 aliphatic heterocycles. The van der Waals surface area contributed by atoms with Crippen molar-refractivity contribution < 1.29 is 23.4 Å². The number of methoxy groups -OCH3 is 2. The Morgan fingerprint density at radius 2 is 1.76 bits per heavy atom. The van der Waals surface area contributed by atoms with E-state index < -0.39 is 5.56 Å². The number of rotatable bonds is 9. The highest BCUT2D eigenvalue weighted by atomic mass is 35.5. The van der Waals surface area contributed by atoms with Crippen LogP contribution in [0.2, 0.25) is 5.02 Å². The summed E-state index contributed by atoms with van der Waals surface area (Å²) in [5.74, 6) is 1.20. The van der Waals surface area contributed by atoms with Crippen molar-refractivity contribution in [2.45, 2.75) is 6.92 Å². The van der Waals surface area contributed by atoms with E-state index in [1.807, 2.05) is 31.2 Å². The fourth-order valence-corrected chi connectivity index (χ4v) is 5.01. The molecule has 0 unspecified atom stereocenters. The largest absolute Gasteiger partial charge is 0.496 e. The van der Waals surface area contributed by atoms with Gasteiger partial charge in [0.1, 0.15) is 11.3 Å². The molecule has 0 aliphatic carbocycles. The lowest BCUT2D eigenvalue weighted by atomic mass is 10.2. The molecule has 0 atom stereocenters. The zero-order chi connectivity index (χ0) is 31.5. The average molecular weight is 623 g/mol. The van der Waals surface area contributed by atoms with Crippen molar-refractivity contribution in [3.63, 3.8) is 0 Å². The Morgan fingerprint density at radius 1 is 0.978 bits per heavy atom. The summed E-state index contributed by atoms with van der Waals surface area (Å²) in [4.78, 5) is 31.2. The summed E-state index contributed by atoms with van der Waals surface area (Å²) in [6.45, 7) is 1.64. The Labute approximate surface area is 262 Å². The number of aryl methyl sites for hydroxylation is 1. The minimum atomic E-state index is -0.423. The quantitative estimate of drug-likeness (QED) is 0.179. The summed E-state index contributed by atoms with van der Waals surface area (Å²) in [5.41, 5.74) is 2.68. The van der Waals surface area contributed by atoms with Gasteiger partial charge in [-0.2, -0.15) is 9.78 Å². The number of anilines is 1. The lowest BCUT2D eigenvalue weighted by Crippen LogP contribution is -2.21. The molecule has 0 fully saturated rings. The molecular formula is C34H27ClN4O6. The van der Waals surface area contributed by atoms with E-state index in [0.29, 0.717) is 49.7 Å². The van der Waals surface area contributed by atoms with E-state index >= 15 is 0 Å². The van der Waals surface area contributed by atoms with Crippen molar-refractivity contribution in [1.82, 2.24) is 9.66 Å². The number of halogens is 1. The van der Waals surface area contributed by atoms with E-state index in [0.717, 1.165) is 10.2 Å². The van der Waals surface area contributed by atoms with Gasteiger partial charge in [-0.05, 0) is 55.5 Å². The fourth-order valence-electron chi connectivity index (χ4n) is 4.80. The van der Waals surface area contributed by atoms with Crippen LogP contribution < -0.4 is 25.1 Å². The molecule has 45 heavy (non-hydrogen) atoms. The molecule has 0 aliphatic rings. The molecule has 10 nitrogen and oxygen atoms in total. The maximum Gasteiger partial charge on any atom is 0.282 e. The van der Waals surface area contributed by atoms with Crippen molar-refractivity contribution in [3.05, 3.63) is 111 Å². The first-order chi connectivity index (χ1) is 21.8. The van der Waals surface area contributed by atoms with Gasteiger partial charge in [0.15, 0.2) is 23.9 Å². The van der Waals surface area contributed by atoms with Crippen LogP contribution in [0.1, 0.15) is 11.1 Å². The zero-order valence-electron chi connectivity index (χ0n) is 24.5. The number of carbonyl (C=O) groups excluding carboxylic acids is 1. The highest BCUT2D eigenvalue weighted by molar-refractivity contribution is 6.31. The SMILES string of the molecule is COc1cc(Cl)cc(C=Nn2c(-c3cc4c(OC)cccc4o3)nc3ccccc3c2=O)c1OCC(=O)Nc1ccc(C)cc1. The maximum atomic E-state index is 13.8. The predicted molar refractivity (Wildman–Crippen MR) is 174 cm³/mol. The number of benzene rings is 4. The monoisotopic (exact) mass is 622 g/mol. The Morgan fingerprint density at radius 3 is 2.53 bits per heavy atom. The van der Waals surface area contributed by atoms with E-state index in [1.165, 1.54) is 13.3 Å². The third kappa shape index (κ3) is 6.09. The summed E-state index contributed by atoms with van der Waals surface area (Å²) in [5, 5.41) is 8.73. The number of nitrogens with zero attached hydrogens (tertiary/aromatic N) is 3. The molecule has 2 aromatic heterocycles. The third-order valence-corrected chi connectivity index (χ3v) is 7.20. The van der Waals surface area contributed by atoms with E-state index in [1.54, 1.807) is 67.8 Å². The first kappa shape index (κ1) is 29.5. The number of hydrogen-bond acceptors (Lipinski definition) is 8. The van der Waals surface area contributed by atoms with E-state index in [9.17, 15) is 9.59 Å². The van der Waals surface area contributed by atoms with Gasteiger partial charge >= 0.3 is 0 Å². The van der Waals surface area contributed by atoms with Crippen LogP contribution in [0.3, 0.4) is 0 Å². The van der Waals surface area contributed by atoms with Gasteiger partial charge in [-0.25, -0.2) is 4.98 Å². The van der Waals surface area contributed by atoms with Crippen LogP contribution in [-0.2, 0) is 4.79 Å². The number of hydrogen-bond donors (Lipinski definition) is 1. The van der Waals surface area contributed by atoms with Crippen molar-refractivity contribution in [3.8, 4) is 28.8 Å². The number of fused-ring (bicyclic) bond motifs is 2. The molecule has 0 radical (unpaired) electrons. The average Bonchev–Trinajstić information content (AvgIpc) is 3.49. The van der Waals surface area contributed by atoms with E-state index in [2.05, 4.69) is 10.4 Å². The summed E-state index contributed by atoms with van der Waals surface area (Å²) >= 11 is 6.39. The van der Waals surface area contributed by atoms with Crippen molar-refractivity contribution in [2.24, 2.45) is 5.10 Å². The van der Waals surface area contributed by atoms with Crippen LogP contribution in [-0.4, -0.2) is 42.6 Å². The van der Waals surface area contributed by atoms with Gasteiger partial charge in [0.05, 0.1) is 36.7 Å². The normalized spacial score (nSPS) is 11.3. The number of carbonyl (C=O) groups is 1. The van der Waals surface area contributed by atoms with Crippen LogP contribution in [0.5, 0.6) is 17.2 Å². The summed E-state index contributed by atoms with van der Waals surface area (Å²) < 4.78 is 24.2. The first-order valence-electron chi connectivity index (χ1n) is 13.8. The Kier molecular flexibility index (Phi) is 8.22. The fraction of sp³-hybridized carbons (Fsp3) is 0.118. The molecule has 11 heteroatoms. The number of ether oxygens (including phenoxy) is 3. The summed E-state index contributed by atoms with van der Waals surface area (Å²) in [7, 11) is 3.03. The van der Waals surface area contributed by atoms with Gasteiger partial charge in [-0.1, -0.05) is 47.5 Å². The van der Waals surface area contributed by atoms with Crippen LogP contribution in [0.15, 0.2) is 99.2 Å². The van der Waals surface area contributed by atoms with Gasteiger partial charge in [0.2, 0.25) is 5.82 Å². The van der Waals surface area contributed by atoms with Gasteiger partial charge in [-0.3, -0.25) is 9.59 Å². The van der Waals surface area contributed by atoms with Gasteiger partial charge in [-0.15, -0.1) is 0 Å². The molecule has 1 N–H and O–H groups in total. The third-order valence-electron chi connectivity index (χ3n) is 6.98. The van der Waals surface area contributed by atoms with Crippen LogP contribution in [0.25, 0.3) is 33.5 Å². The second kappa shape index (κ2) is 12.6. The zero-order valence-corrected chi connectivity index (χ0v) is 25.3. The Bertz CT molecular complexity index is 2140. The molecule has 0 saturated heterocycles. The topological polar surface area (TPSA) is 117 Å². The minimum absolute atomic E-state index is 0.169. The van der Waals surface area contributed by atoms with Gasteiger partial charge in [0, 0.05) is 22.3 Å². The standard InChI is InChI=1S/C34H27ClN4O6/c1-20-11-13-23(14-12-20)37-31(40)19-44-32-21(15-22(35)16-29(32)43-3)18-36-39-33(38-26-8-5-4-7-24(26)34(39)41)30-17-25-27(42-2)9-6-10-28(25)45-30/h4-18H,19H2,1-3H3,(H,37,40). The highest BCUT2D eigenvalue weighted by Crippen LogP contribution is 2.35.